The number of phenolic OH excluding ortho intramolecular Hbond substituents is 1. The normalized spacial score (nSPS) is 12.6. The summed E-state index contributed by atoms with van der Waals surface area (Å²) < 4.78 is 0. The van der Waals surface area contributed by atoms with Gasteiger partial charge in [-0.15, -0.1) is 6.58 Å². The second-order valence-electron chi connectivity index (χ2n) is 3.92. The van der Waals surface area contributed by atoms with E-state index in [1.54, 1.807) is 12.1 Å². The second-order valence-corrected chi connectivity index (χ2v) is 3.92. The molecule has 1 atom stereocenters. The van der Waals surface area contributed by atoms with Crippen molar-refractivity contribution in [2.75, 3.05) is 0 Å². The summed E-state index contributed by atoms with van der Waals surface area (Å²) in [6, 6.07) is 11.4. The van der Waals surface area contributed by atoms with Gasteiger partial charge in [0.15, 0.2) is 0 Å². The summed E-state index contributed by atoms with van der Waals surface area (Å²) >= 11 is 0. The van der Waals surface area contributed by atoms with Gasteiger partial charge in [-0.3, -0.25) is 0 Å². The molecule has 0 fully saturated rings. The van der Waals surface area contributed by atoms with Crippen LogP contribution in [0.2, 0.25) is 0 Å². The third kappa shape index (κ3) is 2.07. The van der Waals surface area contributed by atoms with Crippen LogP contribution < -0.4 is 5.73 Å². The van der Waals surface area contributed by atoms with Crippen LogP contribution in [0.25, 0.3) is 10.8 Å². The van der Waals surface area contributed by atoms with Gasteiger partial charge in [-0.1, -0.05) is 24.3 Å². The lowest BCUT2D eigenvalue weighted by Crippen LogP contribution is -2.08. The first-order valence-corrected chi connectivity index (χ1v) is 5.30. The predicted molar refractivity (Wildman–Crippen MR) is 67.4 cm³/mol. The van der Waals surface area contributed by atoms with E-state index in [-0.39, 0.29) is 11.8 Å². The largest absolute Gasteiger partial charge is 0.508 e. The molecule has 0 saturated carbocycles. The maximum atomic E-state index is 9.36. The van der Waals surface area contributed by atoms with Gasteiger partial charge in [-0.2, -0.15) is 0 Å². The van der Waals surface area contributed by atoms with Gasteiger partial charge in [0.2, 0.25) is 0 Å². The van der Waals surface area contributed by atoms with Crippen molar-refractivity contribution in [3.05, 3.63) is 54.6 Å². The quantitative estimate of drug-likeness (QED) is 0.769. The molecule has 0 saturated heterocycles. The van der Waals surface area contributed by atoms with Crippen LogP contribution in [-0.2, 0) is 0 Å². The lowest BCUT2D eigenvalue weighted by Gasteiger charge is -2.10. The van der Waals surface area contributed by atoms with E-state index in [0.29, 0.717) is 0 Å². The van der Waals surface area contributed by atoms with Crippen LogP contribution in [0.1, 0.15) is 18.0 Å². The molecule has 16 heavy (non-hydrogen) atoms. The fraction of sp³-hybridized carbons (Fsp3) is 0.143. The maximum Gasteiger partial charge on any atom is 0.116 e. The highest BCUT2D eigenvalue weighted by molar-refractivity contribution is 5.84. The molecule has 2 heteroatoms. The number of hydrogen-bond acceptors (Lipinski definition) is 2. The number of rotatable bonds is 3. The van der Waals surface area contributed by atoms with Crippen molar-refractivity contribution in [1.29, 1.82) is 0 Å². The molecule has 0 radical (unpaired) electrons. The van der Waals surface area contributed by atoms with Crippen LogP contribution in [0, 0.1) is 0 Å². The highest BCUT2D eigenvalue weighted by Crippen LogP contribution is 2.24. The molecule has 0 unspecified atom stereocenters. The molecule has 2 nitrogen and oxygen atoms in total. The van der Waals surface area contributed by atoms with Crippen molar-refractivity contribution in [3.8, 4) is 5.75 Å². The fourth-order valence-electron chi connectivity index (χ4n) is 1.80. The van der Waals surface area contributed by atoms with Crippen molar-refractivity contribution in [3.63, 3.8) is 0 Å². The van der Waals surface area contributed by atoms with Gasteiger partial charge in [0.25, 0.3) is 0 Å². The Kier molecular flexibility index (Phi) is 2.93. The first-order valence-electron chi connectivity index (χ1n) is 5.30. The molecule has 0 amide bonds. The molecule has 0 aromatic heterocycles. The SMILES string of the molecule is C=CC[C@H](N)c1ccc2cc(O)ccc2c1. The molecule has 0 aliphatic carbocycles. The maximum absolute atomic E-state index is 9.36. The van der Waals surface area contributed by atoms with Crippen molar-refractivity contribution >= 4 is 10.8 Å². The van der Waals surface area contributed by atoms with E-state index in [9.17, 15) is 5.11 Å². The van der Waals surface area contributed by atoms with Crippen LogP contribution in [0.5, 0.6) is 5.75 Å². The molecule has 2 rings (SSSR count). The first kappa shape index (κ1) is 10.7. The predicted octanol–water partition coefficient (Wildman–Crippen LogP) is 3.12. The molecule has 82 valence electrons. The first-order chi connectivity index (χ1) is 7.70. The minimum absolute atomic E-state index is 0.00398. The Labute approximate surface area is 95.0 Å². The number of aromatic hydroxyl groups is 1. The molecule has 2 aromatic rings. The Hall–Kier alpha value is -1.80. The third-order valence-corrected chi connectivity index (χ3v) is 2.70. The fourth-order valence-corrected chi connectivity index (χ4v) is 1.80. The lowest BCUT2D eigenvalue weighted by atomic mass is 10.0. The summed E-state index contributed by atoms with van der Waals surface area (Å²) in [5.74, 6) is 0.288. The molecular formula is C14H15NO. The molecule has 0 aliphatic rings. The Balaban J connectivity index is 2.44. The summed E-state index contributed by atoms with van der Waals surface area (Å²) in [5, 5.41) is 11.5. The Morgan fingerprint density at radius 2 is 1.88 bits per heavy atom. The van der Waals surface area contributed by atoms with E-state index in [2.05, 4.69) is 12.6 Å². The van der Waals surface area contributed by atoms with Gasteiger partial charge < -0.3 is 10.8 Å². The monoisotopic (exact) mass is 213 g/mol. The average Bonchev–Trinajstić information content (AvgIpc) is 2.28. The summed E-state index contributed by atoms with van der Waals surface area (Å²) in [5.41, 5.74) is 7.10. The number of hydrogen-bond donors (Lipinski definition) is 2. The van der Waals surface area contributed by atoms with Crippen LogP contribution in [0.15, 0.2) is 49.1 Å². The van der Waals surface area contributed by atoms with Crippen LogP contribution in [-0.4, -0.2) is 5.11 Å². The topological polar surface area (TPSA) is 46.2 Å². The number of nitrogens with two attached hydrogens (primary N) is 1. The van der Waals surface area contributed by atoms with E-state index < -0.39 is 0 Å². The third-order valence-electron chi connectivity index (χ3n) is 2.70. The second kappa shape index (κ2) is 4.37. The van der Waals surface area contributed by atoms with Gasteiger partial charge in [0.1, 0.15) is 5.75 Å². The standard InChI is InChI=1S/C14H15NO/c1-2-3-14(15)12-5-4-11-9-13(16)7-6-10(11)8-12/h2,4-9,14,16H,1,3,15H2/t14-/m0/s1. The smallest absolute Gasteiger partial charge is 0.116 e. The van der Waals surface area contributed by atoms with Crippen LogP contribution >= 0.6 is 0 Å². The molecular weight excluding hydrogens is 198 g/mol. The molecule has 0 bridgehead atoms. The number of benzene rings is 2. The summed E-state index contributed by atoms with van der Waals surface area (Å²) in [7, 11) is 0. The number of fused-ring (bicyclic) bond motifs is 1. The summed E-state index contributed by atoms with van der Waals surface area (Å²) in [6.45, 7) is 3.69. The molecule has 0 aliphatic heterocycles. The van der Waals surface area contributed by atoms with E-state index in [4.69, 9.17) is 5.73 Å². The molecule has 0 spiro atoms. The van der Waals surface area contributed by atoms with Crippen molar-refractivity contribution in [2.45, 2.75) is 12.5 Å². The van der Waals surface area contributed by atoms with Crippen LogP contribution in [0.4, 0.5) is 0 Å². The average molecular weight is 213 g/mol. The van der Waals surface area contributed by atoms with E-state index >= 15 is 0 Å². The lowest BCUT2D eigenvalue weighted by molar-refractivity contribution is 0.476. The highest BCUT2D eigenvalue weighted by Gasteiger charge is 2.04. The molecule has 2 aromatic carbocycles. The summed E-state index contributed by atoms with van der Waals surface area (Å²) in [6.07, 6.45) is 2.59. The zero-order chi connectivity index (χ0) is 11.5. The molecule has 0 heterocycles. The Morgan fingerprint density at radius 1 is 1.19 bits per heavy atom. The van der Waals surface area contributed by atoms with Crippen molar-refractivity contribution in [1.82, 2.24) is 0 Å². The minimum Gasteiger partial charge on any atom is -0.508 e. The molecule has 3 N–H and O–H groups in total. The Bertz CT molecular complexity index is 519. The van der Waals surface area contributed by atoms with Gasteiger partial charge in [0, 0.05) is 6.04 Å². The Morgan fingerprint density at radius 3 is 2.62 bits per heavy atom. The van der Waals surface area contributed by atoms with Gasteiger partial charge >= 0.3 is 0 Å². The van der Waals surface area contributed by atoms with Gasteiger partial charge in [0.05, 0.1) is 0 Å². The van der Waals surface area contributed by atoms with Crippen molar-refractivity contribution < 1.29 is 5.11 Å². The van der Waals surface area contributed by atoms with Crippen LogP contribution in [0.3, 0.4) is 0 Å². The van der Waals surface area contributed by atoms with E-state index in [0.717, 1.165) is 22.8 Å². The van der Waals surface area contributed by atoms with E-state index in [1.807, 2.05) is 24.3 Å². The minimum atomic E-state index is -0.00398. The zero-order valence-corrected chi connectivity index (χ0v) is 9.06. The summed E-state index contributed by atoms with van der Waals surface area (Å²) in [4.78, 5) is 0. The van der Waals surface area contributed by atoms with Gasteiger partial charge in [-0.05, 0) is 41.0 Å². The zero-order valence-electron chi connectivity index (χ0n) is 9.06. The van der Waals surface area contributed by atoms with Crippen molar-refractivity contribution in [2.24, 2.45) is 5.73 Å². The number of phenols is 1. The van der Waals surface area contributed by atoms with Gasteiger partial charge in [-0.25, -0.2) is 0 Å². The highest BCUT2D eigenvalue weighted by atomic mass is 16.3. The van der Waals surface area contributed by atoms with E-state index in [1.165, 1.54) is 0 Å².